The number of carbonyl (C=O) groups is 1. The molecule has 2 aromatic heterocycles. The van der Waals surface area contributed by atoms with Crippen LogP contribution in [-0.4, -0.2) is 27.1 Å². The molecule has 0 fully saturated rings. The Morgan fingerprint density at radius 3 is 3.00 bits per heavy atom. The van der Waals surface area contributed by atoms with Crippen molar-refractivity contribution in [3.63, 3.8) is 0 Å². The third-order valence-electron chi connectivity index (χ3n) is 2.40. The minimum atomic E-state index is -0.693. The zero-order chi connectivity index (χ0) is 13.1. The molecular formula is C11H11N3O4. The molecule has 0 unspecified atom stereocenters. The number of nitroso groups, excluding NO2 is 1. The third-order valence-corrected chi connectivity index (χ3v) is 2.40. The molecule has 0 bridgehead atoms. The van der Waals surface area contributed by atoms with Crippen LogP contribution in [0.15, 0.2) is 23.5 Å². The van der Waals surface area contributed by atoms with Crippen molar-refractivity contribution < 1.29 is 14.6 Å². The van der Waals surface area contributed by atoms with E-state index in [9.17, 15) is 9.70 Å². The lowest BCUT2D eigenvalue weighted by molar-refractivity contribution is 0.0521. The highest BCUT2D eigenvalue weighted by molar-refractivity contribution is 5.93. The van der Waals surface area contributed by atoms with Gasteiger partial charge in [0.05, 0.1) is 13.2 Å². The van der Waals surface area contributed by atoms with Gasteiger partial charge in [0.2, 0.25) is 5.82 Å². The second kappa shape index (κ2) is 4.92. The number of fused-ring (bicyclic) bond motifs is 1. The van der Waals surface area contributed by atoms with Crippen LogP contribution < -0.4 is 0 Å². The molecule has 0 saturated carbocycles. The van der Waals surface area contributed by atoms with Gasteiger partial charge in [-0.3, -0.25) is 4.40 Å². The van der Waals surface area contributed by atoms with Crippen molar-refractivity contribution in [3.05, 3.63) is 34.5 Å². The lowest BCUT2D eigenvalue weighted by Gasteiger charge is -1.98. The van der Waals surface area contributed by atoms with Crippen LogP contribution >= 0.6 is 0 Å². The first-order valence-corrected chi connectivity index (χ1v) is 5.33. The second-order valence-corrected chi connectivity index (χ2v) is 3.52. The van der Waals surface area contributed by atoms with Gasteiger partial charge in [0, 0.05) is 6.20 Å². The van der Waals surface area contributed by atoms with E-state index in [0.29, 0.717) is 11.2 Å². The van der Waals surface area contributed by atoms with E-state index in [-0.39, 0.29) is 24.7 Å². The van der Waals surface area contributed by atoms with Gasteiger partial charge in [0.25, 0.3) is 0 Å². The number of esters is 1. The van der Waals surface area contributed by atoms with E-state index in [4.69, 9.17) is 9.84 Å². The van der Waals surface area contributed by atoms with E-state index in [1.54, 1.807) is 19.1 Å². The Hall–Kier alpha value is -2.28. The molecule has 0 aliphatic rings. The van der Waals surface area contributed by atoms with Crippen LogP contribution in [-0.2, 0) is 11.3 Å². The third kappa shape index (κ3) is 1.95. The lowest BCUT2D eigenvalue weighted by Crippen LogP contribution is -2.05. The van der Waals surface area contributed by atoms with Crippen LogP contribution in [0.25, 0.3) is 5.65 Å². The fourth-order valence-corrected chi connectivity index (χ4v) is 1.60. The molecule has 0 radical (unpaired) electrons. The number of pyridine rings is 1. The number of imidazole rings is 1. The monoisotopic (exact) mass is 249 g/mol. The maximum Gasteiger partial charge on any atom is 0.361 e. The van der Waals surface area contributed by atoms with E-state index in [1.807, 2.05) is 0 Å². The summed E-state index contributed by atoms with van der Waals surface area (Å²) in [5, 5.41) is 11.8. The highest BCUT2D eigenvalue weighted by atomic mass is 16.5. The van der Waals surface area contributed by atoms with Gasteiger partial charge in [0.1, 0.15) is 5.65 Å². The highest BCUT2D eigenvalue weighted by Gasteiger charge is 2.20. The number of rotatable bonds is 4. The number of aliphatic hydroxyl groups is 1. The molecule has 0 aliphatic heterocycles. The number of aromatic nitrogens is 2. The first-order chi connectivity index (χ1) is 8.71. The van der Waals surface area contributed by atoms with E-state index in [2.05, 4.69) is 10.2 Å². The average Bonchev–Trinajstić information content (AvgIpc) is 2.76. The Bertz CT molecular complexity index is 606. The number of hydrogen-bond donors (Lipinski definition) is 1. The van der Waals surface area contributed by atoms with Gasteiger partial charge in [-0.2, -0.15) is 0 Å². The molecule has 1 N–H and O–H groups in total. The number of ether oxygens (including phenoxy) is 1. The van der Waals surface area contributed by atoms with Crippen LogP contribution in [0.1, 0.15) is 23.0 Å². The number of hydrogen-bond acceptors (Lipinski definition) is 6. The Morgan fingerprint density at radius 2 is 2.39 bits per heavy atom. The van der Waals surface area contributed by atoms with Crippen molar-refractivity contribution in [3.8, 4) is 0 Å². The molecule has 0 aromatic carbocycles. The van der Waals surface area contributed by atoms with Crippen molar-refractivity contribution >= 4 is 17.4 Å². The molecule has 2 aromatic rings. The van der Waals surface area contributed by atoms with E-state index >= 15 is 0 Å². The van der Waals surface area contributed by atoms with Gasteiger partial charge >= 0.3 is 5.97 Å². The van der Waals surface area contributed by atoms with Gasteiger partial charge in [0.15, 0.2) is 5.69 Å². The van der Waals surface area contributed by atoms with Crippen molar-refractivity contribution in [2.75, 3.05) is 6.61 Å². The van der Waals surface area contributed by atoms with Gasteiger partial charge in [-0.25, -0.2) is 9.78 Å². The summed E-state index contributed by atoms with van der Waals surface area (Å²) in [4.78, 5) is 26.4. The van der Waals surface area contributed by atoms with Crippen LogP contribution in [0, 0.1) is 4.91 Å². The SMILES string of the molecule is CCOC(=O)c1nc2cc(CO)ccn2c1N=O. The van der Waals surface area contributed by atoms with Gasteiger partial charge < -0.3 is 9.84 Å². The summed E-state index contributed by atoms with van der Waals surface area (Å²) in [7, 11) is 0. The van der Waals surface area contributed by atoms with Crippen molar-refractivity contribution in [2.45, 2.75) is 13.5 Å². The van der Waals surface area contributed by atoms with Crippen LogP contribution in [0.3, 0.4) is 0 Å². The summed E-state index contributed by atoms with van der Waals surface area (Å²) in [5.74, 6) is -0.797. The van der Waals surface area contributed by atoms with Crippen LogP contribution in [0.4, 0.5) is 5.82 Å². The van der Waals surface area contributed by atoms with Gasteiger partial charge in [-0.1, -0.05) is 0 Å². The number of nitrogens with zero attached hydrogens (tertiary/aromatic N) is 3. The number of carbonyl (C=O) groups excluding carboxylic acids is 1. The predicted molar refractivity (Wildman–Crippen MR) is 62.5 cm³/mol. The molecule has 94 valence electrons. The molecule has 7 nitrogen and oxygen atoms in total. The van der Waals surface area contributed by atoms with Crippen molar-refractivity contribution in [1.82, 2.24) is 9.38 Å². The average molecular weight is 249 g/mol. The smallest absolute Gasteiger partial charge is 0.361 e. The Labute approximate surface area is 102 Å². The molecule has 0 spiro atoms. The summed E-state index contributed by atoms with van der Waals surface area (Å²) >= 11 is 0. The fourth-order valence-electron chi connectivity index (χ4n) is 1.60. The largest absolute Gasteiger partial charge is 0.461 e. The topological polar surface area (TPSA) is 93.3 Å². The quantitative estimate of drug-likeness (QED) is 0.653. The van der Waals surface area contributed by atoms with E-state index in [1.165, 1.54) is 10.6 Å². The second-order valence-electron chi connectivity index (χ2n) is 3.52. The van der Waals surface area contributed by atoms with E-state index in [0.717, 1.165) is 0 Å². The minimum Gasteiger partial charge on any atom is -0.461 e. The van der Waals surface area contributed by atoms with Crippen LogP contribution in [0.5, 0.6) is 0 Å². The maximum absolute atomic E-state index is 11.6. The molecule has 0 amide bonds. The molecule has 2 rings (SSSR count). The fraction of sp³-hybridized carbons (Fsp3) is 0.273. The molecule has 7 heteroatoms. The predicted octanol–water partition coefficient (Wildman–Crippen LogP) is 1.40. The first-order valence-electron chi connectivity index (χ1n) is 5.33. The number of aliphatic hydroxyl groups excluding tert-OH is 1. The first kappa shape index (κ1) is 12.2. The normalized spacial score (nSPS) is 10.6. The standard InChI is InChI=1S/C11H11N3O4/c1-2-18-11(16)9-10(13-17)14-4-3-7(6-15)5-8(14)12-9/h3-5,15H,2,6H2,1H3. The molecule has 2 heterocycles. The van der Waals surface area contributed by atoms with Crippen molar-refractivity contribution in [1.29, 1.82) is 0 Å². The molecule has 18 heavy (non-hydrogen) atoms. The minimum absolute atomic E-state index is 0.104. The Morgan fingerprint density at radius 1 is 1.61 bits per heavy atom. The van der Waals surface area contributed by atoms with Gasteiger partial charge in [-0.05, 0) is 29.8 Å². The molecule has 0 saturated heterocycles. The highest BCUT2D eigenvalue weighted by Crippen LogP contribution is 2.22. The van der Waals surface area contributed by atoms with E-state index < -0.39 is 5.97 Å². The molecule has 0 atom stereocenters. The summed E-state index contributed by atoms with van der Waals surface area (Å²) in [5.41, 5.74) is 0.863. The van der Waals surface area contributed by atoms with Gasteiger partial charge in [-0.15, -0.1) is 4.91 Å². The lowest BCUT2D eigenvalue weighted by atomic mass is 10.3. The zero-order valence-electron chi connectivity index (χ0n) is 9.66. The van der Waals surface area contributed by atoms with Crippen LogP contribution in [0.2, 0.25) is 0 Å². The molecular weight excluding hydrogens is 238 g/mol. The Balaban J connectivity index is 2.60. The summed E-state index contributed by atoms with van der Waals surface area (Å²) < 4.78 is 6.17. The molecule has 0 aliphatic carbocycles. The Kier molecular flexibility index (Phi) is 3.33. The summed E-state index contributed by atoms with van der Waals surface area (Å²) in [6.45, 7) is 1.69. The summed E-state index contributed by atoms with van der Waals surface area (Å²) in [6.07, 6.45) is 1.52. The maximum atomic E-state index is 11.6. The zero-order valence-corrected chi connectivity index (χ0v) is 9.66. The summed E-state index contributed by atoms with van der Waals surface area (Å²) in [6, 6.07) is 3.18. The van der Waals surface area contributed by atoms with Crippen molar-refractivity contribution in [2.24, 2.45) is 5.18 Å².